The molecule has 3 atom stereocenters. The molecule has 0 radical (unpaired) electrons. The number of hydrogen-bond donors (Lipinski definition) is 1. The molecule has 3 aliphatic carbocycles. The summed E-state index contributed by atoms with van der Waals surface area (Å²) in [5.74, 6) is 0. The first kappa shape index (κ1) is 9.86. The van der Waals surface area contributed by atoms with Crippen molar-refractivity contribution in [3.8, 4) is 0 Å². The Morgan fingerprint density at radius 1 is 1.20 bits per heavy atom. The average molecular weight is 267 g/mol. The van der Waals surface area contributed by atoms with Gasteiger partial charge in [0.2, 0.25) is 0 Å². The summed E-state index contributed by atoms with van der Waals surface area (Å²) >= 11 is 3.52. The van der Waals surface area contributed by atoms with Crippen molar-refractivity contribution in [3.63, 3.8) is 0 Å². The lowest BCUT2D eigenvalue weighted by molar-refractivity contribution is 0.0170. The highest BCUT2D eigenvalue weighted by Gasteiger charge is 2.57. The fourth-order valence-corrected chi connectivity index (χ4v) is 4.36. The van der Waals surface area contributed by atoms with Gasteiger partial charge in [0.25, 0.3) is 0 Å². The minimum Gasteiger partial charge on any atom is -0.387 e. The minimum absolute atomic E-state index is 0.0567. The van der Waals surface area contributed by atoms with E-state index in [0.717, 1.165) is 10.9 Å². The highest BCUT2D eigenvalue weighted by Crippen LogP contribution is 2.63. The summed E-state index contributed by atoms with van der Waals surface area (Å²) in [7, 11) is 0. The van der Waals surface area contributed by atoms with Crippen molar-refractivity contribution in [3.05, 3.63) is 34.9 Å². The molecule has 0 spiro atoms. The Balaban J connectivity index is 2.17. The number of hydrogen-bond acceptors (Lipinski definition) is 1. The molecular weight excluding hydrogens is 252 g/mol. The summed E-state index contributed by atoms with van der Waals surface area (Å²) in [5, 5.41) is 10.4. The minimum atomic E-state index is -0.348. The van der Waals surface area contributed by atoms with Gasteiger partial charge in [0, 0.05) is 15.3 Å². The van der Waals surface area contributed by atoms with Crippen LogP contribution in [0.2, 0.25) is 0 Å². The van der Waals surface area contributed by atoms with Gasteiger partial charge in [-0.15, -0.1) is 0 Å². The first-order chi connectivity index (χ1) is 7.20. The van der Waals surface area contributed by atoms with Crippen LogP contribution in [0.5, 0.6) is 0 Å². The fraction of sp³-hybridized carbons (Fsp3) is 0.538. The smallest absolute Gasteiger partial charge is 0.0953 e. The van der Waals surface area contributed by atoms with Gasteiger partial charge in [0.15, 0.2) is 0 Å². The zero-order valence-corrected chi connectivity index (χ0v) is 10.2. The molecule has 1 nitrogen and oxygen atoms in total. The summed E-state index contributed by atoms with van der Waals surface area (Å²) in [5.41, 5.74) is 0.0249. The summed E-state index contributed by atoms with van der Waals surface area (Å²) in [6.45, 7) is 0. The van der Waals surface area contributed by atoms with E-state index in [4.69, 9.17) is 0 Å². The van der Waals surface area contributed by atoms with E-state index in [1.165, 1.54) is 19.3 Å². The number of rotatable bonds is 0. The van der Waals surface area contributed by atoms with E-state index in [1.807, 2.05) is 0 Å². The second-order valence-corrected chi connectivity index (χ2v) is 5.85. The van der Waals surface area contributed by atoms with Crippen LogP contribution in [0.1, 0.15) is 25.7 Å². The standard InChI is InChI=1S/C13H15BrO/c14-10-9-12-5-1-3-7-13(12,11(10)15)8-4-2-6-12/h1,3,5,7,9,11,15H,2,4,6,8H2/t11-,12-,13-/m0/s1. The summed E-state index contributed by atoms with van der Waals surface area (Å²) in [6.07, 6.45) is 15.4. The van der Waals surface area contributed by atoms with Gasteiger partial charge in [0.1, 0.15) is 0 Å². The van der Waals surface area contributed by atoms with Crippen LogP contribution in [-0.2, 0) is 0 Å². The summed E-state index contributed by atoms with van der Waals surface area (Å²) in [4.78, 5) is 0. The van der Waals surface area contributed by atoms with Crippen molar-refractivity contribution < 1.29 is 5.11 Å². The molecule has 0 saturated heterocycles. The molecule has 3 aliphatic rings. The van der Waals surface area contributed by atoms with Crippen molar-refractivity contribution >= 4 is 15.9 Å². The molecule has 0 heterocycles. The molecular formula is C13H15BrO. The SMILES string of the molecule is O[C@H]1C(Br)=C[C@@]23C=CC=C[C@]12CCCC3. The number of halogens is 1. The first-order valence-corrected chi connectivity index (χ1v) is 6.43. The van der Waals surface area contributed by atoms with Gasteiger partial charge in [-0.05, 0) is 12.8 Å². The Kier molecular flexibility index (Phi) is 2.02. The zero-order chi connectivity index (χ0) is 10.5. The third-order valence-corrected chi connectivity index (χ3v) is 5.00. The Hall–Kier alpha value is -0.340. The lowest BCUT2D eigenvalue weighted by atomic mass is 9.55. The van der Waals surface area contributed by atoms with Gasteiger partial charge < -0.3 is 5.11 Å². The number of aliphatic hydroxyl groups excluding tert-OH is 1. The van der Waals surface area contributed by atoms with Crippen LogP contribution in [0, 0.1) is 10.8 Å². The Morgan fingerprint density at radius 2 is 1.93 bits per heavy atom. The van der Waals surface area contributed by atoms with Crippen molar-refractivity contribution in [2.45, 2.75) is 31.8 Å². The lowest BCUT2D eigenvalue weighted by Gasteiger charge is -2.49. The summed E-state index contributed by atoms with van der Waals surface area (Å²) < 4.78 is 0.973. The van der Waals surface area contributed by atoms with Crippen LogP contribution in [0.15, 0.2) is 34.9 Å². The van der Waals surface area contributed by atoms with Crippen molar-refractivity contribution in [2.75, 3.05) is 0 Å². The van der Waals surface area contributed by atoms with Crippen LogP contribution in [-0.4, -0.2) is 11.2 Å². The van der Waals surface area contributed by atoms with E-state index in [0.29, 0.717) is 0 Å². The molecule has 2 heteroatoms. The third-order valence-electron chi connectivity index (χ3n) is 4.34. The normalized spacial score (nSPS) is 47.3. The molecule has 0 aromatic carbocycles. The highest BCUT2D eigenvalue weighted by atomic mass is 79.9. The van der Waals surface area contributed by atoms with Gasteiger partial charge in [-0.1, -0.05) is 59.2 Å². The Morgan fingerprint density at radius 3 is 2.73 bits per heavy atom. The van der Waals surface area contributed by atoms with Crippen molar-refractivity contribution in [1.82, 2.24) is 0 Å². The fourth-order valence-electron chi connectivity index (χ4n) is 3.54. The van der Waals surface area contributed by atoms with E-state index in [-0.39, 0.29) is 16.9 Å². The third kappa shape index (κ3) is 1.07. The largest absolute Gasteiger partial charge is 0.387 e. The quantitative estimate of drug-likeness (QED) is 0.714. The second-order valence-electron chi connectivity index (χ2n) is 4.94. The topological polar surface area (TPSA) is 20.2 Å². The van der Waals surface area contributed by atoms with Crippen LogP contribution < -0.4 is 0 Å². The zero-order valence-electron chi connectivity index (χ0n) is 8.62. The molecule has 0 amide bonds. The molecule has 0 aliphatic heterocycles. The molecule has 3 rings (SSSR count). The lowest BCUT2D eigenvalue weighted by Crippen LogP contribution is -2.45. The molecule has 15 heavy (non-hydrogen) atoms. The molecule has 1 fully saturated rings. The van der Waals surface area contributed by atoms with Gasteiger partial charge in [0.05, 0.1) is 6.10 Å². The molecule has 0 unspecified atom stereocenters. The van der Waals surface area contributed by atoms with Crippen LogP contribution >= 0.6 is 15.9 Å². The summed E-state index contributed by atoms with van der Waals surface area (Å²) in [6, 6.07) is 0. The van der Waals surface area contributed by atoms with Gasteiger partial charge in [-0.2, -0.15) is 0 Å². The van der Waals surface area contributed by atoms with Crippen molar-refractivity contribution in [1.29, 1.82) is 0 Å². The van der Waals surface area contributed by atoms with Crippen molar-refractivity contribution in [2.24, 2.45) is 10.8 Å². The van der Waals surface area contributed by atoms with E-state index < -0.39 is 0 Å². The van der Waals surface area contributed by atoms with Gasteiger partial charge >= 0.3 is 0 Å². The predicted molar refractivity (Wildman–Crippen MR) is 64.6 cm³/mol. The monoisotopic (exact) mass is 266 g/mol. The maximum absolute atomic E-state index is 10.4. The van der Waals surface area contributed by atoms with Crippen LogP contribution in [0.25, 0.3) is 0 Å². The molecule has 0 aromatic rings. The second kappa shape index (κ2) is 3.08. The predicted octanol–water partition coefficient (Wildman–Crippen LogP) is 3.31. The maximum Gasteiger partial charge on any atom is 0.0953 e. The molecule has 0 aromatic heterocycles. The number of aliphatic hydroxyl groups is 1. The Bertz CT molecular complexity index is 382. The molecule has 80 valence electrons. The van der Waals surface area contributed by atoms with E-state index in [2.05, 4.69) is 46.3 Å². The first-order valence-electron chi connectivity index (χ1n) is 5.64. The maximum atomic E-state index is 10.4. The van der Waals surface area contributed by atoms with Crippen LogP contribution in [0.3, 0.4) is 0 Å². The Labute approximate surface area is 98.7 Å². The molecule has 1 saturated carbocycles. The van der Waals surface area contributed by atoms with E-state index in [1.54, 1.807) is 0 Å². The van der Waals surface area contributed by atoms with Gasteiger partial charge in [-0.3, -0.25) is 0 Å². The van der Waals surface area contributed by atoms with Gasteiger partial charge in [-0.25, -0.2) is 0 Å². The van der Waals surface area contributed by atoms with Crippen LogP contribution in [0.4, 0.5) is 0 Å². The average Bonchev–Trinajstić information content (AvgIpc) is 2.49. The highest BCUT2D eigenvalue weighted by molar-refractivity contribution is 9.11. The van der Waals surface area contributed by atoms with E-state index >= 15 is 0 Å². The molecule has 1 N–H and O–H groups in total. The van der Waals surface area contributed by atoms with E-state index in [9.17, 15) is 5.11 Å². The number of allylic oxidation sites excluding steroid dienone is 4. The molecule has 0 bridgehead atoms.